The first kappa shape index (κ1) is 15.4. The molecule has 5 heteroatoms. The predicted molar refractivity (Wildman–Crippen MR) is 80.1 cm³/mol. The molecule has 1 aromatic rings. The molecule has 2 amide bonds. The third-order valence-electron chi connectivity index (χ3n) is 4.02. The molecule has 0 atom stereocenters. The van der Waals surface area contributed by atoms with Gasteiger partial charge in [0.25, 0.3) is 11.8 Å². The van der Waals surface area contributed by atoms with Crippen molar-refractivity contribution in [2.45, 2.75) is 38.1 Å². The third-order valence-corrected chi connectivity index (χ3v) is 4.02. The number of primary amides is 1. The Kier molecular flexibility index (Phi) is 5.20. The molecular formula is C16H22N2O3. The van der Waals surface area contributed by atoms with Crippen LogP contribution < -0.4 is 10.5 Å². The lowest BCUT2D eigenvalue weighted by Crippen LogP contribution is -2.40. The van der Waals surface area contributed by atoms with Gasteiger partial charge in [-0.2, -0.15) is 0 Å². The fourth-order valence-corrected chi connectivity index (χ4v) is 2.71. The zero-order chi connectivity index (χ0) is 15.2. The van der Waals surface area contributed by atoms with E-state index in [9.17, 15) is 9.59 Å². The molecule has 1 aromatic carbocycles. The molecule has 0 unspecified atom stereocenters. The summed E-state index contributed by atoms with van der Waals surface area (Å²) in [5, 5.41) is 0. The van der Waals surface area contributed by atoms with E-state index >= 15 is 0 Å². The molecule has 0 heterocycles. The molecule has 114 valence electrons. The van der Waals surface area contributed by atoms with Crippen molar-refractivity contribution >= 4 is 11.8 Å². The topological polar surface area (TPSA) is 72.6 Å². The van der Waals surface area contributed by atoms with Gasteiger partial charge in [0.15, 0.2) is 6.61 Å². The molecule has 5 nitrogen and oxygen atoms in total. The maximum absolute atomic E-state index is 12.2. The summed E-state index contributed by atoms with van der Waals surface area (Å²) in [7, 11) is 1.82. The normalized spacial score (nSPS) is 15.5. The molecule has 0 bridgehead atoms. The molecule has 1 aliphatic carbocycles. The molecule has 0 aromatic heterocycles. The van der Waals surface area contributed by atoms with Crippen LogP contribution in [-0.2, 0) is 4.79 Å². The maximum atomic E-state index is 12.2. The Bertz CT molecular complexity index is 510. The highest BCUT2D eigenvalue weighted by molar-refractivity contribution is 5.95. The molecule has 1 saturated carbocycles. The van der Waals surface area contributed by atoms with Gasteiger partial charge >= 0.3 is 0 Å². The van der Waals surface area contributed by atoms with Crippen LogP contribution in [0.4, 0.5) is 0 Å². The number of para-hydroxylation sites is 1. The number of carbonyl (C=O) groups excluding carboxylic acids is 2. The van der Waals surface area contributed by atoms with Crippen molar-refractivity contribution in [1.29, 1.82) is 0 Å². The molecular weight excluding hydrogens is 268 g/mol. The minimum absolute atomic E-state index is 0.0684. The van der Waals surface area contributed by atoms with Gasteiger partial charge in [-0.15, -0.1) is 0 Å². The number of nitrogens with zero attached hydrogens (tertiary/aromatic N) is 1. The van der Waals surface area contributed by atoms with Gasteiger partial charge in [-0.25, -0.2) is 0 Å². The van der Waals surface area contributed by atoms with Crippen molar-refractivity contribution in [3.63, 3.8) is 0 Å². The molecule has 2 N–H and O–H groups in total. The molecule has 0 radical (unpaired) electrons. The van der Waals surface area contributed by atoms with E-state index in [1.807, 2.05) is 7.05 Å². The first-order valence-electron chi connectivity index (χ1n) is 7.37. The highest BCUT2D eigenvalue weighted by atomic mass is 16.5. The summed E-state index contributed by atoms with van der Waals surface area (Å²) >= 11 is 0. The highest BCUT2D eigenvalue weighted by Gasteiger charge is 2.22. The zero-order valence-electron chi connectivity index (χ0n) is 12.4. The molecule has 1 fully saturated rings. The summed E-state index contributed by atoms with van der Waals surface area (Å²) in [5.74, 6) is -0.268. The number of hydrogen-bond acceptors (Lipinski definition) is 3. The van der Waals surface area contributed by atoms with Gasteiger partial charge in [0, 0.05) is 13.1 Å². The Labute approximate surface area is 125 Å². The molecule has 0 aliphatic heterocycles. The number of ether oxygens (including phenoxy) is 1. The van der Waals surface area contributed by atoms with Gasteiger partial charge in [0.05, 0.1) is 5.56 Å². The van der Waals surface area contributed by atoms with Crippen LogP contribution in [0, 0.1) is 0 Å². The smallest absolute Gasteiger partial charge is 0.260 e. The fraction of sp³-hybridized carbons (Fsp3) is 0.500. The van der Waals surface area contributed by atoms with Crippen molar-refractivity contribution in [1.82, 2.24) is 4.90 Å². The second-order valence-corrected chi connectivity index (χ2v) is 5.45. The lowest BCUT2D eigenvalue weighted by Gasteiger charge is -2.31. The van der Waals surface area contributed by atoms with Crippen LogP contribution in [0.3, 0.4) is 0 Å². The Morgan fingerprint density at radius 2 is 1.90 bits per heavy atom. The minimum atomic E-state index is -0.557. The van der Waals surface area contributed by atoms with E-state index in [1.54, 1.807) is 29.2 Å². The Hall–Kier alpha value is -2.04. The van der Waals surface area contributed by atoms with E-state index in [-0.39, 0.29) is 12.5 Å². The predicted octanol–water partition coefficient (Wildman–Crippen LogP) is 1.96. The van der Waals surface area contributed by atoms with Crippen molar-refractivity contribution in [3.05, 3.63) is 29.8 Å². The number of nitrogens with two attached hydrogens (primary N) is 1. The second kappa shape index (κ2) is 7.11. The summed E-state index contributed by atoms with van der Waals surface area (Å²) in [6.07, 6.45) is 5.71. The summed E-state index contributed by atoms with van der Waals surface area (Å²) in [6.45, 7) is -0.0721. The molecule has 21 heavy (non-hydrogen) atoms. The maximum Gasteiger partial charge on any atom is 0.260 e. The Morgan fingerprint density at radius 3 is 2.57 bits per heavy atom. The van der Waals surface area contributed by atoms with E-state index < -0.39 is 5.91 Å². The van der Waals surface area contributed by atoms with Crippen molar-refractivity contribution in [3.8, 4) is 5.75 Å². The summed E-state index contributed by atoms with van der Waals surface area (Å²) in [5.41, 5.74) is 5.58. The third kappa shape index (κ3) is 3.97. The number of benzene rings is 1. The van der Waals surface area contributed by atoms with E-state index in [2.05, 4.69) is 0 Å². The standard InChI is InChI=1S/C16H22N2O3/c1-18(12-7-3-2-4-8-12)15(19)11-21-14-10-6-5-9-13(14)16(17)20/h5-6,9-10,12H,2-4,7-8,11H2,1H3,(H2,17,20). The number of hydrogen-bond donors (Lipinski definition) is 1. The van der Waals surface area contributed by atoms with Gasteiger partial charge in [-0.05, 0) is 25.0 Å². The number of amides is 2. The Morgan fingerprint density at radius 1 is 1.24 bits per heavy atom. The van der Waals surface area contributed by atoms with Crippen molar-refractivity contribution < 1.29 is 14.3 Å². The first-order valence-corrected chi connectivity index (χ1v) is 7.37. The number of likely N-dealkylation sites (N-methyl/N-ethyl adjacent to an activating group) is 1. The van der Waals surface area contributed by atoms with Crippen LogP contribution in [0.1, 0.15) is 42.5 Å². The summed E-state index contributed by atoms with van der Waals surface area (Å²) in [4.78, 5) is 25.2. The van der Waals surface area contributed by atoms with Crippen molar-refractivity contribution in [2.24, 2.45) is 5.73 Å². The average molecular weight is 290 g/mol. The molecule has 1 aliphatic rings. The van der Waals surface area contributed by atoms with Crippen LogP contribution in [-0.4, -0.2) is 36.4 Å². The number of carbonyl (C=O) groups is 2. The van der Waals surface area contributed by atoms with Gasteiger partial charge < -0.3 is 15.4 Å². The molecule has 2 rings (SSSR count). The fourth-order valence-electron chi connectivity index (χ4n) is 2.71. The first-order chi connectivity index (χ1) is 10.1. The molecule has 0 spiro atoms. The van der Waals surface area contributed by atoms with E-state index in [0.717, 1.165) is 12.8 Å². The average Bonchev–Trinajstić information content (AvgIpc) is 2.52. The van der Waals surface area contributed by atoms with Gasteiger partial charge in [-0.1, -0.05) is 31.4 Å². The lowest BCUT2D eigenvalue weighted by atomic mass is 9.94. The van der Waals surface area contributed by atoms with Crippen LogP contribution in [0.5, 0.6) is 5.75 Å². The summed E-state index contributed by atoms with van der Waals surface area (Å²) in [6, 6.07) is 7.00. The number of rotatable bonds is 5. The van der Waals surface area contributed by atoms with E-state index in [1.165, 1.54) is 19.3 Å². The van der Waals surface area contributed by atoms with Crippen molar-refractivity contribution in [2.75, 3.05) is 13.7 Å². The summed E-state index contributed by atoms with van der Waals surface area (Å²) < 4.78 is 5.48. The van der Waals surface area contributed by atoms with Crippen LogP contribution in [0.15, 0.2) is 24.3 Å². The lowest BCUT2D eigenvalue weighted by molar-refractivity contribution is -0.134. The largest absolute Gasteiger partial charge is 0.483 e. The SMILES string of the molecule is CN(C(=O)COc1ccccc1C(N)=O)C1CCCCC1. The quantitative estimate of drug-likeness (QED) is 0.901. The molecule has 0 saturated heterocycles. The van der Waals surface area contributed by atoms with Gasteiger partial charge in [0.2, 0.25) is 0 Å². The van der Waals surface area contributed by atoms with Gasteiger partial charge in [0.1, 0.15) is 5.75 Å². The van der Waals surface area contributed by atoms with E-state index in [4.69, 9.17) is 10.5 Å². The zero-order valence-corrected chi connectivity index (χ0v) is 12.4. The Balaban J connectivity index is 1.93. The van der Waals surface area contributed by atoms with Crippen LogP contribution in [0.25, 0.3) is 0 Å². The van der Waals surface area contributed by atoms with Gasteiger partial charge in [-0.3, -0.25) is 9.59 Å². The highest BCUT2D eigenvalue weighted by Crippen LogP contribution is 2.22. The monoisotopic (exact) mass is 290 g/mol. The van der Waals surface area contributed by atoms with Crippen LogP contribution in [0.2, 0.25) is 0 Å². The van der Waals surface area contributed by atoms with Crippen LogP contribution >= 0.6 is 0 Å². The second-order valence-electron chi connectivity index (χ2n) is 5.45. The van der Waals surface area contributed by atoms with E-state index in [0.29, 0.717) is 17.4 Å². The minimum Gasteiger partial charge on any atom is -0.483 e.